The van der Waals surface area contributed by atoms with Crippen molar-refractivity contribution >= 4 is 16.0 Å². The Morgan fingerprint density at radius 3 is 2.35 bits per heavy atom. The second-order valence-electron chi connectivity index (χ2n) is 5.62. The van der Waals surface area contributed by atoms with Crippen LogP contribution in [0.3, 0.4) is 0 Å². The average molecular weight is 383 g/mol. The highest BCUT2D eigenvalue weighted by molar-refractivity contribution is 7.89. The summed E-state index contributed by atoms with van der Waals surface area (Å²) in [6.45, 7) is 2.50. The van der Waals surface area contributed by atoms with E-state index in [1.54, 1.807) is 6.92 Å². The summed E-state index contributed by atoms with van der Waals surface area (Å²) in [7, 11) is -4.09. The fourth-order valence-electron chi connectivity index (χ4n) is 2.30. The number of sulfonamides is 1. The van der Waals surface area contributed by atoms with Gasteiger partial charge in [0, 0.05) is 6.54 Å². The highest BCUT2D eigenvalue weighted by atomic mass is 32.2. The maximum Gasteiger partial charge on any atom is 0.321 e. The predicted octanol–water partition coefficient (Wildman–Crippen LogP) is 3.03. The minimum Gasteiger partial charge on any atom is -0.465 e. The number of rotatable bonds is 7. The van der Waals surface area contributed by atoms with Gasteiger partial charge in [-0.3, -0.25) is 4.79 Å². The molecule has 0 fully saturated rings. The van der Waals surface area contributed by atoms with Gasteiger partial charge in [0.15, 0.2) is 0 Å². The highest BCUT2D eigenvalue weighted by Crippen LogP contribution is 2.21. The number of hydrogen-bond acceptors (Lipinski definition) is 4. The molecule has 5 nitrogen and oxygen atoms in total. The van der Waals surface area contributed by atoms with Crippen LogP contribution in [0.15, 0.2) is 47.4 Å². The maximum atomic E-state index is 13.5. The molecule has 0 aliphatic rings. The van der Waals surface area contributed by atoms with Gasteiger partial charge in [0.25, 0.3) is 0 Å². The minimum absolute atomic E-state index is 0.110. The van der Waals surface area contributed by atoms with Gasteiger partial charge in [-0.05, 0) is 55.3 Å². The first-order valence-electron chi connectivity index (χ1n) is 7.90. The fourth-order valence-corrected chi connectivity index (χ4v) is 3.75. The van der Waals surface area contributed by atoms with Crippen LogP contribution in [0.2, 0.25) is 0 Å². The van der Waals surface area contributed by atoms with Gasteiger partial charge in [-0.25, -0.2) is 17.2 Å². The molecule has 0 bridgehead atoms. The molecule has 8 heteroatoms. The monoisotopic (exact) mass is 383 g/mol. The topological polar surface area (TPSA) is 63.7 Å². The van der Waals surface area contributed by atoms with Gasteiger partial charge in [0.1, 0.15) is 18.2 Å². The summed E-state index contributed by atoms with van der Waals surface area (Å²) in [6.07, 6.45) is 0. The summed E-state index contributed by atoms with van der Waals surface area (Å²) in [5.74, 6) is -1.70. The van der Waals surface area contributed by atoms with Crippen LogP contribution in [0.1, 0.15) is 18.1 Å². The zero-order valence-electron chi connectivity index (χ0n) is 14.4. The lowest BCUT2D eigenvalue weighted by Crippen LogP contribution is -2.36. The van der Waals surface area contributed by atoms with Crippen molar-refractivity contribution in [2.75, 3.05) is 13.2 Å². The van der Waals surface area contributed by atoms with E-state index in [1.807, 2.05) is 0 Å². The van der Waals surface area contributed by atoms with Gasteiger partial charge in [0.05, 0.1) is 11.5 Å². The number of esters is 1. The summed E-state index contributed by atoms with van der Waals surface area (Å²) in [5.41, 5.74) is 0.669. The van der Waals surface area contributed by atoms with E-state index in [2.05, 4.69) is 0 Å². The highest BCUT2D eigenvalue weighted by Gasteiger charge is 2.28. The van der Waals surface area contributed by atoms with Crippen LogP contribution in [0.25, 0.3) is 0 Å². The van der Waals surface area contributed by atoms with Gasteiger partial charge in [-0.15, -0.1) is 0 Å². The molecule has 0 saturated carbocycles. The Labute approximate surface area is 151 Å². The van der Waals surface area contributed by atoms with Gasteiger partial charge in [-0.1, -0.05) is 12.1 Å². The van der Waals surface area contributed by atoms with Crippen LogP contribution < -0.4 is 0 Å². The standard InChI is InChI=1S/C18H19F2NO4S/c1-3-25-18(22)12-21(11-14-4-6-15(19)7-5-14)26(23,24)16-8-9-17(20)13(2)10-16/h4-10H,3,11-12H2,1-2H3. The number of aryl methyl sites for hydroxylation is 1. The Bertz CT molecular complexity index is 883. The van der Waals surface area contributed by atoms with E-state index in [4.69, 9.17) is 4.74 Å². The Kier molecular flexibility index (Phi) is 6.44. The van der Waals surface area contributed by atoms with Crippen LogP contribution in [0.4, 0.5) is 8.78 Å². The Morgan fingerprint density at radius 2 is 1.77 bits per heavy atom. The van der Waals surface area contributed by atoms with Gasteiger partial charge in [0.2, 0.25) is 10.0 Å². The third-order valence-electron chi connectivity index (χ3n) is 3.65. The molecule has 0 unspecified atom stereocenters. The normalized spacial score (nSPS) is 11.6. The van der Waals surface area contributed by atoms with Crippen molar-refractivity contribution < 1.29 is 26.7 Å². The molecule has 0 amide bonds. The lowest BCUT2D eigenvalue weighted by atomic mass is 10.2. The molecule has 0 atom stereocenters. The molecule has 2 aromatic rings. The number of halogens is 2. The first-order valence-corrected chi connectivity index (χ1v) is 9.34. The Balaban J connectivity index is 2.38. The summed E-state index contributed by atoms with van der Waals surface area (Å²) in [6, 6.07) is 8.66. The fraction of sp³-hybridized carbons (Fsp3) is 0.278. The molecule has 0 radical (unpaired) electrons. The summed E-state index contributed by atoms with van der Waals surface area (Å²) in [5, 5.41) is 0. The lowest BCUT2D eigenvalue weighted by Gasteiger charge is -2.22. The average Bonchev–Trinajstić information content (AvgIpc) is 2.58. The van der Waals surface area contributed by atoms with Crippen LogP contribution in [0, 0.1) is 18.6 Å². The molecule has 0 saturated heterocycles. The second-order valence-corrected chi connectivity index (χ2v) is 7.55. The molecule has 0 heterocycles. The van der Waals surface area contributed by atoms with E-state index < -0.39 is 34.2 Å². The zero-order chi connectivity index (χ0) is 19.3. The third-order valence-corrected chi connectivity index (χ3v) is 5.44. The van der Waals surface area contributed by atoms with Crippen molar-refractivity contribution in [3.8, 4) is 0 Å². The summed E-state index contributed by atoms with van der Waals surface area (Å²) >= 11 is 0. The maximum absolute atomic E-state index is 13.5. The van der Waals surface area contributed by atoms with Crippen molar-refractivity contribution in [1.82, 2.24) is 4.31 Å². The van der Waals surface area contributed by atoms with Crippen LogP contribution in [-0.4, -0.2) is 31.8 Å². The molecular formula is C18H19F2NO4S. The van der Waals surface area contributed by atoms with Crippen molar-refractivity contribution in [3.63, 3.8) is 0 Å². The summed E-state index contributed by atoms with van der Waals surface area (Å²) in [4.78, 5) is 11.7. The molecule has 26 heavy (non-hydrogen) atoms. The molecular weight excluding hydrogens is 364 g/mol. The van der Waals surface area contributed by atoms with Crippen LogP contribution in [-0.2, 0) is 26.1 Å². The molecule has 0 spiro atoms. The largest absolute Gasteiger partial charge is 0.465 e. The predicted molar refractivity (Wildman–Crippen MR) is 91.8 cm³/mol. The number of hydrogen-bond donors (Lipinski definition) is 0. The molecule has 0 aliphatic heterocycles. The molecule has 0 aliphatic carbocycles. The second kappa shape index (κ2) is 8.37. The Hall–Kier alpha value is -2.32. The summed E-state index contributed by atoms with van der Waals surface area (Å²) < 4.78 is 58.2. The number of nitrogens with zero attached hydrogens (tertiary/aromatic N) is 1. The van der Waals surface area contributed by atoms with Crippen LogP contribution in [0.5, 0.6) is 0 Å². The zero-order valence-corrected chi connectivity index (χ0v) is 15.2. The molecule has 2 aromatic carbocycles. The van der Waals surface area contributed by atoms with E-state index in [1.165, 1.54) is 37.3 Å². The van der Waals surface area contributed by atoms with E-state index in [0.717, 1.165) is 16.4 Å². The van der Waals surface area contributed by atoms with E-state index in [9.17, 15) is 22.0 Å². The lowest BCUT2D eigenvalue weighted by molar-refractivity contribution is -0.143. The minimum atomic E-state index is -4.09. The SMILES string of the molecule is CCOC(=O)CN(Cc1ccc(F)cc1)S(=O)(=O)c1ccc(F)c(C)c1. The molecule has 2 rings (SSSR count). The number of carbonyl (C=O) groups excluding carboxylic acids is 1. The first kappa shape index (κ1) is 20.0. The molecule has 0 aromatic heterocycles. The van der Waals surface area contributed by atoms with E-state index >= 15 is 0 Å². The quantitative estimate of drug-likeness (QED) is 0.690. The molecule has 140 valence electrons. The first-order chi connectivity index (χ1) is 12.2. The van der Waals surface area contributed by atoms with E-state index in [0.29, 0.717) is 5.56 Å². The van der Waals surface area contributed by atoms with Crippen molar-refractivity contribution in [2.45, 2.75) is 25.3 Å². The van der Waals surface area contributed by atoms with Crippen molar-refractivity contribution in [2.24, 2.45) is 0 Å². The van der Waals surface area contributed by atoms with Gasteiger partial charge < -0.3 is 4.74 Å². The van der Waals surface area contributed by atoms with E-state index in [-0.39, 0.29) is 23.6 Å². The van der Waals surface area contributed by atoms with Crippen molar-refractivity contribution in [1.29, 1.82) is 0 Å². The number of benzene rings is 2. The number of ether oxygens (including phenoxy) is 1. The smallest absolute Gasteiger partial charge is 0.321 e. The van der Waals surface area contributed by atoms with Crippen LogP contribution >= 0.6 is 0 Å². The van der Waals surface area contributed by atoms with Gasteiger partial charge in [-0.2, -0.15) is 4.31 Å². The van der Waals surface area contributed by atoms with Gasteiger partial charge >= 0.3 is 5.97 Å². The number of carbonyl (C=O) groups is 1. The molecule has 0 N–H and O–H groups in total. The Morgan fingerprint density at radius 1 is 1.12 bits per heavy atom. The van der Waals surface area contributed by atoms with Crippen molar-refractivity contribution in [3.05, 3.63) is 65.2 Å². The third kappa shape index (κ3) is 4.86.